The predicted octanol–water partition coefficient (Wildman–Crippen LogP) is 2.13. The molecule has 0 radical (unpaired) electrons. The summed E-state index contributed by atoms with van der Waals surface area (Å²) in [5, 5.41) is 20.6. The molecule has 3 amide bonds. The quantitative estimate of drug-likeness (QED) is 0.234. The van der Waals surface area contributed by atoms with Crippen LogP contribution in [0.15, 0.2) is 30.3 Å². The van der Waals surface area contributed by atoms with Gasteiger partial charge < -0.3 is 21.1 Å². The molecule has 0 aromatic heterocycles. The summed E-state index contributed by atoms with van der Waals surface area (Å²) in [4.78, 5) is 44.4. The first-order chi connectivity index (χ1) is 21.8. The Hall–Kier alpha value is -2.54. The average Bonchev–Trinajstić information content (AvgIpc) is 2.98. The summed E-state index contributed by atoms with van der Waals surface area (Å²) in [5.74, 6) is -0.335. The second kappa shape index (κ2) is 16.2. The van der Waals surface area contributed by atoms with E-state index in [1.54, 1.807) is 11.9 Å². The molecular weight excluding hydrogens is 618 g/mol. The molecule has 4 N–H and O–H groups in total. The molecule has 2 aliphatic rings. The Labute approximate surface area is 282 Å². The van der Waals surface area contributed by atoms with E-state index in [4.69, 9.17) is 0 Å². The van der Waals surface area contributed by atoms with Gasteiger partial charge in [0.05, 0.1) is 29.5 Å². The number of rotatable bonds is 14. The van der Waals surface area contributed by atoms with Crippen LogP contribution in [0.5, 0.6) is 0 Å². The molecule has 11 nitrogen and oxygen atoms in total. The topological polar surface area (TPSA) is 148 Å². The normalized spacial score (nSPS) is 22.9. The number of carbonyl (C=O) groups is 3. The van der Waals surface area contributed by atoms with Crippen molar-refractivity contribution in [2.45, 2.75) is 115 Å². The molecular formula is C35H59N5O6S. The molecule has 47 heavy (non-hydrogen) atoms. The van der Waals surface area contributed by atoms with Gasteiger partial charge in [0.15, 0.2) is 9.84 Å². The van der Waals surface area contributed by atoms with Crippen LogP contribution in [0, 0.1) is 11.8 Å². The van der Waals surface area contributed by atoms with Gasteiger partial charge in [-0.25, -0.2) is 8.42 Å². The molecule has 1 aromatic carbocycles. The number of hydrogen-bond acceptors (Lipinski definition) is 8. The third-order valence-corrected chi connectivity index (χ3v) is 12.1. The fraction of sp³-hybridized carbons (Fsp3) is 0.743. The number of hydrogen-bond donors (Lipinski definition) is 4. The minimum atomic E-state index is -3.81. The van der Waals surface area contributed by atoms with Crippen molar-refractivity contribution < 1.29 is 27.9 Å². The number of aliphatic hydroxyl groups excluding tert-OH is 1. The van der Waals surface area contributed by atoms with Gasteiger partial charge in [0.25, 0.3) is 0 Å². The van der Waals surface area contributed by atoms with Crippen molar-refractivity contribution in [3.63, 3.8) is 0 Å². The SMILES string of the molecule is CCN(C)CC(=O)N[C@H](C(=O)NC(Cc1ccccc1)C(O)CN1C[C@H]2CCCC[C@H]2CC1C(=O)NC(C)(C)C)C(C)(C)S(C)(=O)=O. The number of carbonyl (C=O) groups excluding carboxylic acids is 3. The first kappa shape index (κ1) is 38.9. The van der Waals surface area contributed by atoms with Crippen molar-refractivity contribution in [1.29, 1.82) is 0 Å². The first-order valence-corrected chi connectivity index (χ1v) is 19.0. The number of amides is 3. The zero-order chi connectivity index (χ0) is 35.2. The molecule has 1 saturated carbocycles. The van der Waals surface area contributed by atoms with E-state index < -0.39 is 56.2 Å². The fourth-order valence-corrected chi connectivity index (χ4v) is 7.34. The van der Waals surface area contributed by atoms with E-state index in [1.807, 2.05) is 58.0 Å². The van der Waals surface area contributed by atoms with E-state index in [-0.39, 0.29) is 25.4 Å². The van der Waals surface area contributed by atoms with Crippen molar-refractivity contribution in [2.24, 2.45) is 11.8 Å². The lowest BCUT2D eigenvalue weighted by Gasteiger charge is -2.47. The number of fused-ring (bicyclic) bond motifs is 1. The van der Waals surface area contributed by atoms with Crippen LogP contribution in [0.4, 0.5) is 0 Å². The average molecular weight is 678 g/mol. The molecule has 3 unspecified atom stereocenters. The molecule has 3 rings (SSSR count). The van der Waals surface area contributed by atoms with E-state index in [1.165, 1.54) is 20.3 Å². The number of aliphatic hydroxyl groups is 1. The van der Waals surface area contributed by atoms with Gasteiger partial charge in [-0.15, -0.1) is 0 Å². The Morgan fingerprint density at radius 3 is 2.21 bits per heavy atom. The van der Waals surface area contributed by atoms with E-state index in [0.29, 0.717) is 24.9 Å². The Bertz CT molecular complexity index is 1320. The third kappa shape index (κ3) is 11.0. The minimum absolute atomic E-state index is 0.00860. The zero-order valence-corrected chi connectivity index (χ0v) is 30.5. The smallest absolute Gasteiger partial charge is 0.244 e. The van der Waals surface area contributed by atoms with Crippen LogP contribution in [0.2, 0.25) is 0 Å². The van der Waals surface area contributed by atoms with Gasteiger partial charge in [-0.05, 0) is 84.9 Å². The second-order valence-electron chi connectivity index (χ2n) is 15.3. The van der Waals surface area contributed by atoms with Crippen LogP contribution >= 0.6 is 0 Å². The fourth-order valence-electron chi connectivity index (χ4n) is 6.74. The van der Waals surface area contributed by atoms with E-state index in [9.17, 15) is 27.9 Å². The monoisotopic (exact) mass is 677 g/mol. The van der Waals surface area contributed by atoms with Gasteiger partial charge in [0.1, 0.15) is 6.04 Å². The summed E-state index contributed by atoms with van der Waals surface area (Å²) in [6.45, 7) is 12.0. The molecule has 0 bridgehead atoms. The summed E-state index contributed by atoms with van der Waals surface area (Å²) >= 11 is 0. The Morgan fingerprint density at radius 2 is 1.64 bits per heavy atom. The largest absolute Gasteiger partial charge is 0.390 e. The maximum Gasteiger partial charge on any atom is 0.244 e. The standard InChI is InChI=1S/C35H59N5O6S/c1-9-39(7)23-30(42)37-31(35(5,6)47(8,45)46)33(44)36-27(19-24-15-11-10-12-16-24)29(41)22-40-21-26-18-14-13-17-25(26)20-28(40)32(43)38-34(2,3)4/h10-12,15-16,25-29,31,41H,9,13-14,17-23H2,1-8H3,(H,36,44)(H,37,42)(H,38,43)/t25-,26+,27?,28?,29?,31+/m0/s1. The molecule has 2 fully saturated rings. The van der Waals surface area contributed by atoms with Crippen LogP contribution in [0.25, 0.3) is 0 Å². The Morgan fingerprint density at radius 1 is 1.02 bits per heavy atom. The molecule has 1 aliphatic carbocycles. The number of benzene rings is 1. The Kier molecular flexibility index (Phi) is 13.4. The second-order valence-corrected chi connectivity index (χ2v) is 17.9. The summed E-state index contributed by atoms with van der Waals surface area (Å²) in [5.41, 5.74) is 0.462. The van der Waals surface area contributed by atoms with Crippen LogP contribution in [-0.4, -0.2) is 115 Å². The maximum atomic E-state index is 14.0. The van der Waals surface area contributed by atoms with Crippen LogP contribution in [0.3, 0.4) is 0 Å². The van der Waals surface area contributed by atoms with Gasteiger partial charge >= 0.3 is 0 Å². The van der Waals surface area contributed by atoms with E-state index in [0.717, 1.165) is 37.5 Å². The number of likely N-dealkylation sites (tertiary alicyclic amines) is 1. The van der Waals surface area contributed by atoms with E-state index in [2.05, 4.69) is 20.9 Å². The highest BCUT2D eigenvalue weighted by molar-refractivity contribution is 7.92. The number of sulfone groups is 1. The molecule has 266 valence electrons. The molecule has 12 heteroatoms. The number of nitrogens with one attached hydrogen (secondary N) is 3. The number of β-amino-alcohol motifs (C(OH)–C–C–N with tert-alkyl or cyclic N) is 1. The molecule has 1 heterocycles. The van der Waals surface area contributed by atoms with Gasteiger partial charge in [-0.3, -0.25) is 24.2 Å². The van der Waals surface area contributed by atoms with Crippen LogP contribution < -0.4 is 16.0 Å². The summed E-state index contributed by atoms with van der Waals surface area (Å²) in [7, 11) is -2.05. The van der Waals surface area contributed by atoms with Crippen molar-refractivity contribution in [3.8, 4) is 0 Å². The predicted molar refractivity (Wildman–Crippen MR) is 185 cm³/mol. The third-order valence-electron chi connectivity index (χ3n) is 9.99. The lowest BCUT2D eigenvalue weighted by molar-refractivity contribution is -0.133. The Balaban J connectivity index is 1.92. The highest BCUT2D eigenvalue weighted by Gasteiger charge is 2.46. The lowest BCUT2D eigenvalue weighted by atomic mass is 9.72. The van der Waals surface area contributed by atoms with Crippen LogP contribution in [-0.2, 0) is 30.6 Å². The molecule has 1 saturated heterocycles. The number of likely N-dealkylation sites (N-methyl/N-ethyl adjacent to an activating group) is 1. The molecule has 0 spiro atoms. The van der Waals surface area contributed by atoms with Gasteiger partial charge in [0.2, 0.25) is 17.7 Å². The minimum Gasteiger partial charge on any atom is -0.390 e. The molecule has 1 aromatic rings. The lowest BCUT2D eigenvalue weighted by Crippen LogP contribution is -2.64. The molecule has 6 atom stereocenters. The van der Waals surface area contributed by atoms with Gasteiger partial charge in [-0.1, -0.05) is 56.5 Å². The van der Waals surface area contributed by atoms with Crippen LogP contribution in [0.1, 0.15) is 79.2 Å². The first-order valence-electron chi connectivity index (χ1n) is 17.1. The summed E-state index contributed by atoms with van der Waals surface area (Å²) in [6, 6.07) is 6.79. The van der Waals surface area contributed by atoms with Crippen molar-refractivity contribution >= 4 is 27.6 Å². The summed E-state index contributed by atoms with van der Waals surface area (Å²) < 4.78 is 24.2. The maximum absolute atomic E-state index is 14.0. The highest BCUT2D eigenvalue weighted by atomic mass is 32.2. The number of piperidine rings is 1. The summed E-state index contributed by atoms with van der Waals surface area (Å²) in [6.07, 6.45) is 5.45. The van der Waals surface area contributed by atoms with Gasteiger partial charge in [-0.2, -0.15) is 0 Å². The zero-order valence-electron chi connectivity index (χ0n) is 29.7. The van der Waals surface area contributed by atoms with Gasteiger partial charge in [0, 0.05) is 24.9 Å². The highest BCUT2D eigenvalue weighted by Crippen LogP contribution is 2.39. The molecule has 1 aliphatic heterocycles. The number of nitrogens with zero attached hydrogens (tertiary/aromatic N) is 2. The van der Waals surface area contributed by atoms with Crippen molar-refractivity contribution in [3.05, 3.63) is 35.9 Å². The van der Waals surface area contributed by atoms with Crippen molar-refractivity contribution in [2.75, 3.05) is 39.5 Å². The van der Waals surface area contributed by atoms with E-state index >= 15 is 0 Å². The van der Waals surface area contributed by atoms with Crippen molar-refractivity contribution in [1.82, 2.24) is 25.8 Å².